The van der Waals surface area contributed by atoms with Crippen LogP contribution in [0.3, 0.4) is 0 Å². The predicted molar refractivity (Wildman–Crippen MR) is 64.3 cm³/mol. The van der Waals surface area contributed by atoms with E-state index in [4.69, 9.17) is 10.5 Å². The fraction of sp³-hybridized carbons (Fsp3) is 0.571. The summed E-state index contributed by atoms with van der Waals surface area (Å²) in [5, 5.41) is 0. The van der Waals surface area contributed by atoms with Gasteiger partial charge in [-0.25, -0.2) is 4.39 Å². The highest BCUT2D eigenvalue weighted by Gasteiger charge is 2.57. The van der Waals surface area contributed by atoms with E-state index in [0.29, 0.717) is 5.75 Å². The fourth-order valence-electron chi connectivity index (χ4n) is 2.80. The van der Waals surface area contributed by atoms with Crippen molar-refractivity contribution in [1.82, 2.24) is 0 Å². The standard InChI is InChI=1S/C14H18FNO/c1-13(5-6-13)14(2)8-11(16)10-4-3-9(15)7-12(10)17-14/h3-4,7,11H,5-6,8,16H2,1-2H3/t11-,14?/m0/s1. The molecule has 1 saturated carbocycles. The van der Waals surface area contributed by atoms with Crippen LogP contribution >= 0.6 is 0 Å². The van der Waals surface area contributed by atoms with Gasteiger partial charge in [0.05, 0.1) is 0 Å². The van der Waals surface area contributed by atoms with Gasteiger partial charge in [-0.05, 0) is 25.8 Å². The van der Waals surface area contributed by atoms with Gasteiger partial charge in [-0.2, -0.15) is 0 Å². The Hall–Kier alpha value is -1.09. The Kier molecular flexibility index (Phi) is 2.09. The Morgan fingerprint density at radius 1 is 1.35 bits per heavy atom. The Balaban J connectivity index is 2.02. The van der Waals surface area contributed by atoms with Crippen molar-refractivity contribution >= 4 is 0 Å². The summed E-state index contributed by atoms with van der Waals surface area (Å²) in [6.45, 7) is 4.33. The number of hydrogen-bond donors (Lipinski definition) is 1. The van der Waals surface area contributed by atoms with Crippen molar-refractivity contribution in [2.45, 2.75) is 44.8 Å². The quantitative estimate of drug-likeness (QED) is 0.811. The summed E-state index contributed by atoms with van der Waals surface area (Å²) < 4.78 is 19.3. The normalized spacial score (nSPS) is 33.8. The van der Waals surface area contributed by atoms with E-state index in [-0.39, 0.29) is 22.9 Å². The van der Waals surface area contributed by atoms with Gasteiger partial charge >= 0.3 is 0 Å². The zero-order chi connectivity index (χ0) is 12.3. The summed E-state index contributed by atoms with van der Waals surface area (Å²) in [5.74, 6) is 0.362. The number of halogens is 1. The lowest BCUT2D eigenvalue weighted by Crippen LogP contribution is -2.46. The van der Waals surface area contributed by atoms with Gasteiger partial charge in [0.2, 0.25) is 0 Å². The van der Waals surface area contributed by atoms with Crippen molar-refractivity contribution in [2.24, 2.45) is 11.1 Å². The zero-order valence-corrected chi connectivity index (χ0v) is 10.3. The molecule has 0 bridgehead atoms. The molecule has 3 heteroatoms. The molecule has 92 valence electrons. The Bertz CT molecular complexity index is 469. The lowest BCUT2D eigenvalue weighted by molar-refractivity contribution is -0.00921. The minimum atomic E-state index is -0.263. The molecule has 0 aromatic heterocycles. The molecule has 1 aromatic rings. The van der Waals surface area contributed by atoms with Crippen LogP contribution in [0.1, 0.15) is 44.7 Å². The second-order valence-electron chi connectivity index (χ2n) is 5.89. The molecule has 1 fully saturated rings. The van der Waals surface area contributed by atoms with Crippen LogP contribution in [0.2, 0.25) is 0 Å². The van der Waals surface area contributed by atoms with Crippen molar-refractivity contribution < 1.29 is 9.13 Å². The van der Waals surface area contributed by atoms with Gasteiger partial charge in [0.15, 0.2) is 0 Å². The van der Waals surface area contributed by atoms with E-state index in [2.05, 4.69) is 13.8 Å². The molecule has 1 aliphatic heterocycles. The van der Waals surface area contributed by atoms with Crippen molar-refractivity contribution in [3.8, 4) is 5.75 Å². The van der Waals surface area contributed by atoms with E-state index >= 15 is 0 Å². The van der Waals surface area contributed by atoms with Crippen molar-refractivity contribution in [1.29, 1.82) is 0 Å². The third-order valence-electron chi connectivity index (χ3n) is 4.60. The van der Waals surface area contributed by atoms with Crippen LogP contribution in [0.25, 0.3) is 0 Å². The number of fused-ring (bicyclic) bond motifs is 1. The average Bonchev–Trinajstić information content (AvgIpc) is 2.97. The Morgan fingerprint density at radius 3 is 2.71 bits per heavy atom. The number of rotatable bonds is 1. The van der Waals surface area contributed by atoms with E-state index in [9.17, 15) is 4.39 Å². The molecule has 2 N–H and O–H groups in total. The lowest BCUT2D eigenvalue weighted by atomic mass is 9.78. The first kappa shape index (κ1) is 11.0. The van der Waals surface area contributed by atoms with Gasteiger partial charge in [0.25, 0.3) is 0 Å². The second kappa shape index (κ2) is 3.22. The molecule has 1 unspecified atom stereocenters. The van der Waals surface area contributed by atoms with Gasteiger partial charge in [-0.1, -0.05) is 13.0 Å². The highest BCUT2D eigenvalue weighted by atomic mass is 19.1. The summed E-state index contributed by atoms with van der Waals surface area (Å²) in [7, 11) is 0. The van der Waals surface area contributed by atoms with E-state index < -0.39 is 0 Å². The molecular weight excluding hydrogens is 217 g/mol. The molecule has 0 radical (unpaired) electrons. The molecule has 0 saturated heterocycles. The fourth-order valence-corrected chi connectivity index (χ4v) is 2.80. The number of ether oxygens (including phenoxy) is 1. The first-order chi connectivity index (χ1) is 7.94. The van der Waals surface area contributed by atoms with Crippen LogP contribution < -0.4 is 10.5 Å². The molecule has 2 aliphatic rings. The maximum Gasteiger partial charge on any atom is 0.127 e. The molecule has 2 atom stereocenters. The highest BCUT2D eigenvalue weighted by Crippen LogP contribution is 2.59. The van der Waals surface area contributed by atoms with E-state index in [1.165, 1.54) is 25.0 Å². The van der Waals surface area contributed by atoms with Gasteiger partial charge in [0, 0.05) is 29.5 Å². The Morgan fingerprint density at radius 2 is 2.06 bits per heavy atom. The monoisotopic (exact) mass is 235 g/mol. The highest BCUT2D eigenvalue weighted by molar-refractivity contribution is 5.40. The van der Waals surface area contributed by atoms with Crippen LogP contribution in [-0.4, -0.2) is 5.60 Å². The summed E-state index contributed by atoms with van der Waals surface area (Å²) in [6.07, 6.45) is 3.14. The predicted octanol–water partition coefficient (Wildman–Crippen LogP) is 3.17. The minimum absolute atomic E-state index is 0.0539. The van der Waals surface area contributed by atoms with Crippen molar-refractivity contribution in [3.05, 3.63) is 29.6 Å². The third kappa shape index (κ3) is 1.56. The van der Waals surface area contributed by atoms with Gasteiger partial charge < -0.3 is 10.5 Å². The van der Waals surface area contributed by atoms with Gasteiger partial charge in [0.1, 0.15) is 17.2 Å². The third-order valence-corrected chi connectivity index (χ3v) is 4.60. The van der Waals surface area contributed by atoms with Crippen LogP contribution in [-0.2, 0) is 0 Å². The molecule has 17 heavy (non-hydrogen) atoms. The van der Waals surface area contributed by atoms with Gasteiger partial charge in [-0.15, -0.1) is 0 Å². The Labute approximate surface area is 101 Å². The molecule has 0 spiro atoms. The topological polar surface area (TPSA) is 35.2 Å². The van der Waals surface area contributed by atoms with Crippen LogP contribution in [0.15, 0.2) is 18.2 Å². The maximum atomic E-state index is 13.3. The van der Waals surface area contributed by atoms with Crippen LogP contribution in [0.4, 0.5) is 4.39 Å². The molecule has 3 rings (SSSR count). The van der Waals surface area contributed by atoms with Gasteiger partial charge in [-0.3, -0.25) is 0 Å². The van der Waals surface area contributed by atoms with Crippen LogP contribution in [0.5, 0.6) is 5.75 Å². The lowest BCUT2D eigenvalue weighted by Gasteiger charge is -2.43. The maximum absolute atomic E-state index is 13.3. The smallest absolute Gasteiger partial charge is 0.127 e. The summed E-state index contributed by atoms with van der Waals surface area (Å²) in [5.41, 5.74) is 7.06. The number of nitrogens with two attached hydrogens (primary N) is 1. The summed E-state index contributed by atoms with van der Waals surface area (Å²) >= 11 is 0. The number of benzene rings is 1. The van der Waals surface area contributed by atoms with Crippen LogP contribution in [0, 0.1) is 11.2 Å². The van der Waals surface area contributed by atoms with E-state index in [0.717, 1.165) is 12.0 Å². The van der Waals surface area contributed by atoms with Crippen molar-refractivity contribution in [3.63, 3.8) is 0 Å². The first-order valence-electron chi connectivity index (χ1n) is 6.18. The molecular formula is C14H18FNO. The van der Waals surface area contributed by atoms with Crippen molar-refractivity contribution in [2.75, 3.05) is 0 Å². The average molecular weight is 235 g/mol. The minimum Gasteiger partial charge on any atom is -0.486 e. The largest absolute Gasteiger partial charge is 0.486 e. The first-order valence-corrected chi connectivity index (χ1v) is 6.18. The SMILES string of the molecule is CC1(C2(C)C[C@H](N)c3ccc(F)cc3O2)CC1. The second-order valence-corrected chi connectivity index (χ2v) is 5.89. The summed E-state index contributed by atoms with van der Waals surface area (Å²) in [4.78, 5) is 0. The summed E-state index contributed by atoms with van der Waals surface area (Å²) in [6, 6.07) is 4.59. The molecule has 1 aliphatic carbocycles. The zero-order valence-electron chi connectivity index (χ0n) is 10.3. The molecule has 0 amide bonds. The molecule has 1 heterocycles. The van der Waals surface area contributed by atoms with E-state index in [1.54, 1.807) is 6.07 Å². The molecule has 1 aromatic carbocycles. The molecule has 2 nitrogen and oxygen atoms in total. The number of hydrogen-bond acceptors (Lipinski definition) is 2. The van der Waals surface area contributed by atoms with E-state index in [1.807, 2.05) is 0 Å².